The topological polar surface area (TPSA) is 93.2 Å². The number of nitrogens with zero attached hydrogens (tertiary/aromatic N) is 2. The maximum absolute atomic E-state index is 12.8. The van der Waals surface area contributed by atoms with E-state index in [-0.39, 0.29) is 11.8 Å². The van der Waals surface area contributed by atoms with Crippen LogP contribution in [-0.2, 0) is 4.79 Å². The molecular formula is C19H18N4O3S. The van der Waals surface area contributed by atoms with Crippen molar-refractivity contribution in [3.05, 3.63) is 53.2 Å². The van der Waals surface area contributed by atoms with Crippen molar-refractivity contribution in [3.63, 3.8) is 0 Å². The molecule has 0 aliphatic heterocycles. The molecule has 0 unspecified atom stereocenters. The van der Waals surface area contributed by atoms with Gasteiger partial charge in [-0.05, 0) is 31.2 Å². The van der Waals surface area contributed by atoms with Gasteiger partial charge in [0, 0.05) is 19.2 Å². The SMILES string of the molecule is COc1ccc(NC(C)=O)c(NC(=O)c2sc(-c3ccccn3)nc2C)c1. The molecule has 0 atom stereocenters. The molecule has 0 aliphatic rings. The van der Waals surface area contributed by atoms with Gasteiger partial charge in [-0.2, -0.15) is 0 Å². The fourth-order valence-electron chi connectivity index (χ4n) is 2.44. The Labute approximate surface area is 160 Å². The molecule has 2 aromatic heterocycles. The third kappa shape index (κ3) is 4.29. The van der Waals surface area contributed by atoms with Gasteiger partial charge in [0.25, 0.3) is 5.91 Å². The first-order valence-electron chi connectivity index (χ1n) is 8.13. The number of rotatable bonds is 5. The van der Waals surface area contributed by atoms with Crippen LogP contribution in [0.25, 0.3) is 10.7 Å². The van der Waals surface area contributed by atoms with E-state index in [1.807, 2.05) is 18.2 Å². The van der Waals surface area contributed by atoms with Crippen LogP contribution < -0.4 is 15.4 Å². The number of methoxy groups -OCH3 is 1. The molecule has 7 nitrogen and oxygen atoms in total. The average Bonchev–Trinajstić information content (AvgIpc) is 3.05. The molecule has 3 rings (SSSR count). The van der Waals surface area contributed by atoms with E-state index < -0.39 is 0 Å². The summed E-state index contributed by atoms with van der Waals surface area (Å²) >= 11 is 1.27. The molecule has 2 amide bonds. The summed E-state index contributed by atoms with van der Waals surface area (Å²) in [6.45, 7) is 3.18. The number of anilines is 2. The van der Waals surface area contributed by atoms with Crippen molar-refractivity contribution in [2.45, 2.75) is 13.8 Å². The number of aromatic nitrogens is 2. The van der Waals surface area contributed by atoms with Crippen molar-refractivity contribution in [2.75, 3.05) is 17.7 Å². The summed E-state index contributed by atoms with van der Waals surface area (Å²) < 4.78 is 5.21. The molecule has 0 fully saturated rings. The largest absolute Gasteiger partial charge is 0.497 e. The average molecular weight is 382 g/mol. The molecular weight excluding hydrogens is 364 g/mol. The third-order valence-electron chi connectivity index (χ3n) is 3.67. The minimum Gasteiger partial charge on any atom is -0.497 e. The summed E-state index contributed by atoms with van der Waals surface area (Å²) in [7, 11) is 1.53. The Morgan fingerprint density at radius 1 is 1.11 bits per heavy atom. The fraction of sp³-hybridized carbons (Fsp3) is 0.158. The quantitative estimate of drug-likeness (QED) is 0.701. The molecule has 27 heavy (non-hydrogen) atoms. The predicted molar refractivity (Wildman–Crippen MR) is 105 cm³/mol. The Morgan fingerprint density at radius 2 is 1.93 bits per heavy atom. The minimum absolute atomic E-state index is 0.234. The van der Waals surface area contributed by atoms with E-state index in [9.17, 15) is 9.59 Å². The van der Waals surface area contributed by atoms with Crippen LogP contribution in [0.5, 0.6) is 5.75 Å². The van der Waals surface area contributed by atoms with Crippen LogP contribution in [0.15, 0.2) is 42.6 Å². The summed E-state index contributed by atoms with van der Waals surface area (Å²) in [5, 5.41) is 6.20. The number of aryl methyl sites for hydroxylation is 1. The van der Waals surface area contributed by atoms with Gasteiger partial charge in [-0.3, -0.25) is 14.6 Å². The Balaban J connectivity index is 1.89. The van der Waals surface area contributed by atoms with Crippen molar-refractivity contribution in [3.8, 4) is 16.5 Å². The number of carbonyl (C=O) groups excluding carboxylic acids is 2. The van der Waals surface area contributed by atoms with E-state index in [1.165, 1.54) is 25.4 Å². The van der Waals surface area contributed by atoms with E-state index in [1.54, 1.807) is 31.3 Å². The van der Waals surface area contributed by atoms with Crippen molar-refractivity contribution in [1.82, 2.24) is 9.97 Å². The molecule has 0 saturated carbocycles. The Morgan fingerprint density at radius 3 is 2.59 bits per heavy atom. The van der Waals surface area contributed by atoms with Gasteiger partial charge < -0.3 is 15.4 Å². The van der Waals surface area contributed by atoms with Gasteiger partial charge in [0.1, 0.15) is 15.6 Å². The highest BCUT2D eigenvalue weighted by Crippen LogP contribution is 2.30. The van der Waals surface area contributed by atoms with Gasteiger partial charge in [-0.1, -0.05) is 6.07 Å². The van der Waals surface area contributed by atoms with Gasteiger partial charge in [-0.25, -0.2) is 4.98 Å². The third-order valence-corrected chi connectivity index (χ3v) is 4.85. The minimum atomic E-state index is -0.313. The fourth-order valence-corrected chi connectivity index (χ4v) is 3.38. The van der Waals surface area contributed by atoms with Crippen molar-refractivity contribution in [2.24, 2.45) is 0 Å². The molecule has 0 radical (unpaired) electrons. The summed E-state index contributed by atoms with van der Waals surface area (Å²) in [6, 6.07) is 10.6. The number of benzene rings is 1. The molecule has 0 spiro atoms. The molecule has 1 aromatic carbocycles. The zero-order valence-electron chi connectivity index (χ0n) is 15.1. The van der Waals surface area contributed by atoms with Crippen LogP contribution in [0.2, 0.25) is 0 Å². The second kappa shape index (κ2) is 7.96. The maximum atomic E-state index is 12.8. The van der Waals surface area contributed by atoms with Crippen LogP contribution in [0, 0.1) is 6.92 Å². The molecule has 0 bridgehead atoms. The molecule has 2 heterocycles. The van der Waals surface area contributed by atoms with Gasteiger partial charge in [0.15, 0.2) is 0 Å². The summed E-state index contributed by atoms with van der Waals surface area (Å²) in [5.41, 5.74) is 2.26. The van der Waals surface area contributed by atoms with Crippen molar-refractivity contribution in [1.29, 1.82) is 0 Å². The molecule has 0 aliphatic carbocycles. The summed E-state index contributed by atoms with van der Waals surface area (Å²) in [5.74, 6) is 0.0173. The molecule has 8 heteroatoms. The second-order valence-corrected chi connectivity index (χ2v) is 6.69. The monoisotopic (exact) mass is 382 g/mol. The molecule has 0 saturated heterocycles. The van der Waals surface area contributed by atoms with Crippen LogP contribution in [0.4, 0.5) is 11.4 Å². The van der Waals surface area contributed by atoms with Gasteiger partial charge in [0.05, 0.1) is 29.9 Å². The Hall–Kier alpha value is -3.26. The number of hydrogen-bond donors (Lipinski definition) is 2. The van der Waals surface area contributed by atoms with Crippen LogP contribution in [-0.4, -0.2) is 28.9 Å². The number of ether oxygens (including phenoxy) is 1. The highest BCUT2D eigenvalue weighted by molar-refractivity contribution is 7.17. The van der Waals surface area contributed by atoms with E-state index >= 15 is 0 Å². The number of carbonyl (C=O) groups is 2. The summed E-state index contributed by atoms with van der Waals surface area (Å²) in [4.78, 5) is 33.4. The summed E-state index contributed by atoms with van der Waals surface area (Å²) in [6.07, 6.45) is 1.68. The number of amides is 2. The molecule has 3 aromatic rings. The lowest BCUT2D eigenvalue weighted by atomic mass is 10.2. The number of nitrogens with one attached hydrogen (secondary N) is 2. The zero-order chi connectivity index (χ0) is 19.4. The first-order valence-corrected chi connectivity index (χ1v) is 8.95. The standard InChI is InChI=1S/C19H18N4O3S/c1-11-17(27-19(21-11)15-6-4-5-9-20-15)18(25)23-16-10-13(26-3)7-8-14(16)22-12(2)24/h4-10H,1-3H3,(H,22,24)(H,23,25). The van der Waals surface area contributed by atoms with E-state index in [2.05, 4.69) is 20.6 Å². The second-order valence-electron chi connectivity index (χ2n) is 5.70. The van der Waals surface area contributed by atoms with Gasteiger partial charge >= 0.3 is 0 Å². The lowest BCUT2D eigenvalue weighted by molar-refractivity contribution is -0.114. The Kier molecular flexibility index (Phi) is 5.46. The van der Waals surface area contributed by atoms with Crippen LogP contribution >= 0.6 is 11.3 Å². The predicted octanol–water partition coefficient (Wildman–Crippen LogP) is 3.73. The van der Waals surface area contributed by atoms with E-state index in [4.69, 9.17) is 4.74 Å². The number of hydrogen-bond acceptors (Lipinski definition) is 6. The van der Waals surface area contributed by atoms with Gasteiger partial charge in [-0.15, -0.1) is 11.3 Å². The Bertz CT molecular complexity index is 986. The first kappa shape index (κ1) is 18.5. The highest BCUT2D eigenvalue weighted by atomic mass is 32.1. The lowest BCUT2D eigenvalue weighted by Gasteiger charge is -2.12. The van der Waals surface area contributed by atoms with E-state index in [0.717, 1.165) is 0 Å². The van der Waals surface area contributed by atoms with Gasteiger partial charge in [0.2, 0.25) is 5.91 Å². The highest BCUT2D eigenvalue weighted by Gasteiger charge is 2.18. The van der Waals surface area contributed by atoms with Crippen molar-refractivity contribution < 1.29 is 14.3 Å². The number of pyridine rings is 1. The van der Waals surface area contributed by atoms with Crippen molar-refractivity contribution >= 4 is 34.5 Å². The number of thiazole rings is 1. The maximum Gasteiger partial charge on any atom is 0.267 e. The van der Waals surface area contributed by atoms with Crippen LogP contribution in [0.1, 0.15) is 22.3 Å². The first-order chi connectivity index (χ1) is 13.0. The van der Waals surface area contributed by atoms with Crippen LogP contribution in [0.3, 0.4) is 0 Å². The lowest BCUT2D eigenvalue weighted by Crippen LogP contribution is -2.15. The molecule has 138 valence electrons. The molecule has 2 N–H and O–H groups in total. The smallest absolute Gasteiger partial charge is 0.267 e. The van der Waals surface area contributed by atoms with E-state index in [0.29, 0.717) is 38.4 Å². The normalized spacial score (nSPS) is 10.3. The zero-order valence-corrected chi connectivity index (χ0v) is 15.9.